The third-order valence-corrected chi connectivity index (χ3v) is 5.82. The van der Waals surface area contributed by atoms with Crippen molar-refractivity contribution in [2.24, 2.45) is 18.9 Å². The Bertz CT molecular complexity index is 1010. The maximum atomic E-state index is 12.8. The predicted molar refractivity (Wildman–Crippen MR) is 95.4 cm³/mol. The summed E-state index contributed by atoms with van der Waals surface area (Å²) in [6.45, 7) is 0.277. The van der Waals surface area contributed by atoms with Crippen molar-refractivity contribution in [1.29, 1.82) is 0 Å². The van der Waals surface area contributed by atoms with Gasteiger partial charge in [0.1, 0.15) is 29.2 Å². The van der Waals surface area contributed by atoms with Crippen LogP contribution in [0.4, 0.5) is 4.39 Å². The van der Waals surface area contributed by atoms with Crippen molar-refractivity contribution >= 4 is 16.9 Å². The van der Waals surface area contributed by atoms with E-state index in [4.69, 9.17) is 4.98 Å². The molecule has 0 spiro atoms. The Kier molecular flexibility index (Phi) is 3.70. The number of carbonyl (C=O) groups excluding carboxylic acids is 1. The average Bonchev–Trinajstić information content (AvgIpc) is 3.35. The van der Waals surface area contributed by atoms with Crippen molar-refractivity contribution in [3.8, 4) is 11.3 Å². The molecular formula is C18H20FN7O. The number of fused-ring (bicyclic) bond motifs is 3. The lowest BCUT2D eigenvalue weighted by Crippen LogP contribution is -2.46. The van der Waals surface area contributed by atoms with Crippen LogP contribution in [0.1, 0.15) is 24.6 Å². The molecule has 1 N–H and O–H groups in total. The molecule has 3 atom stereocenters. The van der Waals surface area contributed by atoms with E-state index in [-0.39, 0.29) is 30.2 Å². The minimum atomic E-state index is -0.498. The lowest BCUT2D eigenvalue weighted by molar-refractivity contribution is -0.139. The van der Waals surface area contributed by atoms with Crippen LogP contribution in [0, 0.1) is 11.8 Å². The number of aryl methyl sites for hydroxylation is 1. The molecule has 5 rings (SSSR count). The maximum absolute atomic E-state index is 12.8. The SMILES string of the molecule is Cn1cc(-c2n[nH]c3cnc(C4C5CCC4C(=O)N(CCF)C5)nc23)cn1. The number of halogens is 1. The van der Waals surface area contributed by atoms with Crippen molar-refractivity contribution in [1.82, 2.24) is 34.8 Å². The molecule has 2 bridgehead atoms. The topological polar surface area (TPSA) is 92.6 Å². The van der Waals surface area contributed by atoms with E-state index < -0.39 is 6.67 Å². The lowest BCUT2D eigenvalue weighted by Gasteiger charge is -2.36. The summed E-state index contributed by atoms with van der Waals surface area (Å²) in [5, 5.41) is 11.5. The number of hydrogen-bond acceptors (Lipinski definition) is 5. The summed E-state index contributed by atoms with van der Waals surface area (Å²) in [7, 11) is 1.85. The van der Waals surface area contributed by atoms with Crippen LogP contribution in [0.2, 0.25) is 0 Å². The summed E-state index contributed by atoms with van der Waals surface area (Å²) in [4.78, 5) is 23.7. The van der Waals surface area contributed by atoms with Gasteiger partial charge in [-0.3, -0.25) is 14.6 Å². The summed E-state index contributed by atoms with van der Waals surface area (Å²) in [5.41, 5.74) is 3.11. The van der Waals surface area contributed by atoms with Gasteiger partial charge in [0.25, 0.3) is 0 Å². The van der Waals surface area contributed by atoms with E-state index >= 15 is 0 Å². The van der Waals surface area contributed by atoms with E-state index in [1.54, 1.807) is 22.0 Å². The predicted octanol–water partition coefficient (Wildman–Crippen LogP) is 1.67. The van der Waals surface area contributed by atoms with Gasteiger partial charge in [0.05, 0.1) is 12.4 Å². The van der Waals surface area contributed by atoms with E-state index in [2.05, 4.69) is 20.3 Å². The molecular weight excluding hydrogens is 349 g/mol. The second kappa shape index (κ2) is 6.11. The Labute approximate surface area is 154 Å². The largest absolute Gasteiger partial charge is 0.340 e. The molecule has 3 aromatic heterocycles. The molecule has 27 heavy (non-hydrogen) atoms. The van der Waals surface area contributed by atoms with Crippen LogP contribution in [0.25, 0.3) is 22.3 Å². The van der Waals surface area contributed by atoms with Crippen molar-refractivity contribution < 1.29 is 9.18 Å². The number of amides is 1. The number of aromatic amines is 1. The van der Waals surface area contributed by atoms with Gasteiger partial charge in [0, 0.05) is 43.7 Å². The van der Waals surface area contributed by atoms with E-state index in [0.29, 0.717) is 12.4 Å². The van der Waals surface area contributed by atoms with Crippen LogP contribution < -0.4 is 0 Å². The van der Waals surface area contributed by atoms with Gasteiger partial charge in [-0.1, -0.05) is 0 Å². The number of piperidine rings is 1. The summed E-state index contributed by atoms with van der Waals surface area (Å²) < 4.78 is 14.5. The molecule has 8 nitrogen and oxygen atoms in total. The number of aromatic nitrogens is 6. The number of hydrogen-bond donors (Lipinski definition) is 1. The van der Waals surface area contributed by atoms with Gasteiger partial charge in [0.15, 0.2) is 0 Å². The molecule has 3 aromatic rings. The third-order valence-electron chi connectivity index (χ3n) is 5.82. The van der Waals surface area contributed by atoms with Crippen LogP contribution in [0.5, 0.6) is 0 Å². The molecule has 1 aliphatic heterocycles. The summed E-state index contributed by atoms with van der Waals surface area (Å²) in [5.74, 6) is 0.853. The Hall–Kier alpha value is -2.84. The van der Waals surface area contributed by atoms with Crippen molar-refractivity contribution in [3.63, 3.8) is 0 Å². The molecule has 4 heterocycles. The second-order valence-electron chi connectivity index (χ2n) is 7.41. The first kappa shape index (κ1) is 16.3. The van der Waals surface area contributed by atoms with Gasteiger partial charge < -0.3 is 4.90 Å². The van der Waals surface area contributed by atoms with Crippen molar-refractivity contribution in [2.75, 3.05) is 19.8 Å². The van der Waals surface area contributed by atoms with Gasteiger partial charge in [-0.25, -0.2) is 14.4 Å². The zero-order chi connectivity index (χ0) is 18.5. The second-order valence-corrected chi connectivity index (χ2v) is 7.41. The highest BCUT2D eigenvalue weighted by Gasteiger charge is 2.49. The first-order valence-corrected chi connectivity index (χ1v) is 9.20. The molecule has 140 valence electrons. The summed E-state index contributed by atoms with van der Waals surface area (Å²) in [6.07, 6.45) is 7.15. The van der Waals surface area contributed by atoms with Crippen molar-refractivity contribution in [2.45, 2.75) is 18.8 Å². The quantitative estimate of drug-likeness (QED) is 0.755. The first-order valence-electron chi connectivity index (χ1n) is 9.20. The van der Waals surface area contributed by atoms with Gasteiger partial charge in [0.2, 0.25) is 5.91 Å². The monoisotopic (exact) mass is 369 g/mol. The standard InChI is InChI=1S/C18H20FN7O/c1-25-8-11(6-21-25)15-16-13(23-24-15)7-20-17(22-16)14-10-2-3-12(14)18(27)26(9-10)5-4-19/h6-8,10,12,14H,2-5,9H2,1H3,(H,23,24). The average molecular weight is 369 g/mol. The van der Waals surface area contributed by atoms with Gasteiger partial charge >= 0.3 is 0 Å². The van der Waals surface area contributed by atoms with Gasteiger partial charge in [-0.05, 0) is 18.8 Å². The van der Waals surface area contributed by atoms with E-state index in [9.17, 15) is 9.18 Å². The smallest absolute Gasteiger partial charge is 0.226 e. The highest BCUT2D eigenvalue weighted by atomic mass is 19.1. The minimum Gasteiger partial charge on any atom is -0.340 e. The number of nitrogens with zero attached hydrogens (tertiary/aromatic N) is 6. The Balaban J connectivity index is 1.53. The molecule has 1 aliphatic carbocycles. The van der Waals surface area contributed by atoms with Crippen LogP contribution in [0.3, 0.4) is 0 Å². The third kappa shape index (κ3) is 2.52. The zero-order valence-corrected chi connectivity index (χ0v) is 15.0. The fraction of sp³-hybridized carbons (Fsp3) is 0.500. The minimum absolute atomic E-state index is 0.00518. The molecule has 1 saturated heterocycles. The number of H-pyrrole nitrogens is 1. The van der Waals surface area contributed by atoms with Crippen LogP contribution in [-0.4, -0.2) is 60.5 Å². The number of nitrogens with one attached hydrogen (secondary N) is 1. The maximum Gasteiger partial charge on any atom is 0.226 e. The molecule has 2 aliphatic rings. The first-order chi connectivity index (χ1) is 13.2. The highest BCUT2D eigenvalue weighted by Crippen LogP contribution is 2.47. The Morgan fingerprint density at radius 1 is 1.33 bits per heavy atom. The van der Waals surface area contributed by atoms with Crippen molar-refractivity contribution in [3.05, 3.63) is 24.4 Å². The fourth-order valence-corrected chi connectivity index (χ4v) is 4.60. The molecule has 9 heteroatoms. The Morgan fingerprint density at radius 2 is 2.22 bits per heavy atom. The summed E-state index contributed by atoms with van der Waals surface area (Å²) in [6, 6.07) is 0. The number of carbonyl (C=O) groups is 1. The highest BCUT2D eigenvalue weighted by molar-refractivity contribution is 5.88. The number of rotatable bonds is 4. The van der Waals surface area contributed by atoms with Crippen LogP contribution >= 0.6 is 0 Å². The van der Waals surface area contributed by atoms with Crippen LogP contribution in [-0.2, 0) is 11.8 Å². The fourth-order valence-electron chi connectivity index (χ4n) is 4.60. The van der Waals surface area contributed by atoms with Gasteiger partial charge in [-0.2, -0.15) is 10.2 Å². The summed E-state index contributed by atoms with van der Waals surface area (Å²) >= 11 is 0. The van der Waals surface area contributed by atoms with E-state index in [0.717, 1.165) is 35.1 Å². The molecule has 1 saturated carbocycles. The molecule has 0 radical (unpaired) electrons. The van der Waals surface area contributed by atoms with E-state index in [1.165, 1.54) is 0 Å². The Morgan fingerprint density at radius 3 is 3.00 bits per heavy atom. The van der Waals surface area contributed by atoms with Crippen LogP contribution in [0.15, 0.2) is 18.6 Å². The van der Waals surface area contributed by atoms with E-state index in [1.807, 2.05) is 13.2 Å². The zero-order valence-electron chi connectivity index (χ0n) is 15.0. The molecule has 1 amide bonds. The van der Waals surface area contributed by atoms with Gasteiger partial charge in [-0.15, -0.1) is 0 Å². The number of likely N-dealkylation sites (tertiary alicyclic amines) is 1. The molecule has 3 unspecified atom stereocenters. The normalized spacial score (nSPS) is 24.9. The molecule has 0 aromatic carbocycles. The number of alkyl halides is 1. The lowest BCUT2D eigenvalue weighted by atomic mass is 9.83. The molecule has 2 fully saturated rings.